The van der Waals surface area contributed by atoms with Gasteiger partial charge in [-0.2, -0.15) is 5.10 Å². The number of piperazine rings is 1. The van der Waals surface area contributed by atoms with Crippen LogP contribution in [0.1, 0.15) is 10.5 Å². The average molecular weight is 425 g/mol. The van der Waals surface area contributed by atoms with Crippen LogP contribution in [0.4, 0.5) is 5.69 Å². The number of rotatable bonds is 4. The molecular formula is C26H24N4O2. The van der Waals surface area contributed by atoms with Gasteiger partial charge in [0.25, 0.3) is 5.91 Å². The van der Waals surface area contributed by atoms with E-state index in [1.807, 2.05) is 71.6 Å². The number of para-hydroxylation sites is 2. The first-order valence-electron chi connectivity index (χ1n) is 10.7. The summed E-state index contributed by atoms with van der Waals surface area (Å²) < 4.78 is 1.79. The van der Waals surface area contributed by atoms with E-state index in [4.69, 9.17) is 0 Å². The molecule has 3 aromatic carbocycles. The van der Waals surface area contributed by atoms with E-state index in [2.05, 4.69) is 22.1 Å². The first-order chi connectivity index (χ1) is 15.7. The molecule has 1 aliphatic heterocycles. The molecule has 1 aromatic heterocycles. The van der Waals surface area contributed by atoms with Crippen LogP contribution in [-0.2, 0) is 0 Å². The zero-order chi connectivity index (χ0) is 21.9. The van der Waals surface area contributed by atoms with E-state index in [0.717, 1.165) is 30.0 Å². The van der Waals surface area contributed by atoms with Crippen LogP contribution in [-0.4, -0.2) is 51.9 Å². The molecular weight excluding hydrogens is 400 g/mol. The van der Waals surface area contributed by atoms with Crippen molar-refractivity contribution in [2.45, 2.75) is 0 Å². The molecule has 4 aromatic rings. The van der Waals surface area contributed by atoms with E-state index >= 15 is 0 Å². The molecule has 6 heteroatoms. The Bertz CT molecular complexity index is 1200. The molecule has 32 heavy (non-hydrogen) atoms. The molecule has 5 rings (SSSR count). The molecule has 160 valence electrons. The normalized spacial score (nSPS) is 13.9. The molecule has 1 N–H and O–H groups in total. The third-order valence-corrected chi connectivity index (χ3v) is 5.78. The van der Waals surface area contributed by atoms with Crippen molar-refractivity contribution in [1.29, 1.82) is 0 Å². The molecule has 1 saturated heterocycles. The number of aromatic nitrogens is 2. The highest BCUT2D eigenvalue weighted by Crippen LogP contribution is 2.26. The van der Waals surface area contributed by atoms with E-state index in [1.165, 1.54) is 5.69 Å². The summed E-state index contributed by atoms with van der Waals surface area (Å²) in [5.41, 5.74) is 4.17. The Kier molecular flexibility index (Phi) is 5.34. The number of hydrogen-bond acceptors (Lipinski definition) is 4. The predicted octanol–water partition coefficient (Wildman–Crippen LogP) is 4.21. The molecule has 0 bridgehead atoms. The quantitative estimate of drug-likeness (QED) is 0.533. The lowest BCUT2D eigenvalue weighted by atomic mass is 10.1. The summed E-state index contributed by atoms with van der Waals surface area (Å²) in [7, 11) is 0. The largest absolute Gasteiger partial charge is 0.508 e. The van der Waals surface area contributed by atoms with Gasteiger partial charge in [-0.1, -0.05) is 36.4 Å². The maximum atomic E-state index is 13.3. The fraction of sp³-hybridized carbons (Fsp3) is 0.154. The highest BCUT2D eigenvalue weighted by Gasteiger charge is 2.25. The summed E-state index contributed by atoms with van der Waals surface area (Å²) in [6.45, 7) is 2.89. The molecule has 2 heterocycles. The van der Waals surface area contributed by atoms with Crippen LogP contribution in [0, 0.1) is 0 Å². The number of benzene rings is 3. The maximum Gasteiger partial charge on any atom is 0.274 e. The van der Waals surface area contributed by atoms with Crippen molar-refractivity contribution in [3.63, 3.8) is 0 Å². The third-order valence-electron chi connectivity index (χ3n) is 5.78. The van der Waals surface area contributed by atoms with Gasteiger partial charge in [0.2, 0.25) is 0 Å². The van der Waals surface area contributed by atoms with Gasteiger partial charge in [-0.15, -0.1) is 0 Å². The van der Waals surface area contributed by atoms with Gasteiger partial charge in [0.15, 0.2) is 5.69 Å². The van der Waals surface area contributed by atoms with Crippen molar-refractivity contribution in [3.8, 4) is 22.7 Å². The number of carbonyl (C=O) groups is 1. The first-order valence-corrected chi connectivity index (χ1v) is 10.7. The average Bonchev–Trinajstić information content (AvgIpc) is 3.31. The van der Waals surface area contributed by atoms with Crippen molar-refractivity contribution < 1.29 is 9.90 Å². The van der Waals surface area contributed by atoms with Crippen LogP contribution in [0.15, 0.2) is 91.0 Å². The highest BCUT2D eigenvalue weighted by atomic mass is 16.3. The smallest absolute Gasteiger partial charge is 0.274 e. The van der Waals surface area contributed by atoms with Gasteiger partial charge in [0.05, 0.1) is 11.4 Å². The number of phenols is 1. The molecule has 1 fully saturated rings. The molecule has 0 radical (unpaired) electrons. The lowest BCUT2D eigenvalue weighted by Crippen LogP contribution is -2.48. The van der Waals surface area contributed by atoms with Crippen molar-refractivity contribution in [2.24, 2.45) is 0 Å². The summed E-state index contributed by atoms with van der Waals surface area (Å²) in [4.78, 5) is 17.5. The van der Waals surface area contributed by atoms with E-state index in [9.17, 15) is 9.90 Å². The molecule has 0 aliphatic carbocycles. The van der Waals surface area contributed by atoms with Crippen LogP contribution in [0.5, 0.6) is 5.75 Å². The van der Waals surface area contributed by atoms with Crippen LogP contribution in [0.3, 0.4) is 0 Å². The Morgan fingerprint density at radius 1 is 0.750 bits per heavy atom. The second kappa shape index (κ2) is 8.59. The fourth-order valence-electron chi connectivity index (χ4n) is 4.06. The Morgan fingerprint density at radius 2 is 1.34 bits per heavy atom. The Labute approximate surface area is 187 Å². The minimum Gasteiger partial charge on any atom is -0.508 e. The zero-order valence-corrected chi connectivity index (χ0v) is 17.6. The van der Waals surface area contributed by atoms with Crippen LogP contribution >= 0.6 is 0 Å². The van der Waals surface area contributed by atoms with Gasteiger partial charge in [0, 0.05) is 37.4 Å². The minimum absolute atomic E-state index is 0.0626. The number of anilines is 1. The molecule has 0 spiro atoms. The Morgan fingerprint density at radius 3 is 1.97 bits per heavy atom. The van der Waals surface area contributed by atoms with Gasteiger partial charge >= 0.3 is 0 Å². The Hall–Kier alpha value is -4.06. The second-order valence-corrected chi connectivity index (χ2v) is 7.82. The molecule has 1 amide bonds. The number of nitrogens with zero attached hydrogens (tertiary/aromatic N) is 4. The van der Waals surface area contributed by atoms with Gasteiger partial charge in [-0.05, 0) is 54.6 Å². The second-order valence-electron chi connectivity index (χ2n) is 7.82. The molecule has 1 aliphatic rings. The lowest BCUT2D eigenvalue weighted by molar-refractivity contribution is 0.0740. The minimum atomic E-state index is -0.0626. The summed E-state index contributed by atoms with van der Waals surface area (Å²) in [6, 6.07) is 28.8. The summed E-state index contributed by atoms with van der Waals surface area (Å²) in [6.07, 6.45) is 0. The van der Waals surface area contributed by atoms with E-state index in [1.54, 1.807) is 16.8 Å². The standard InChI is InChI=1S/C26H24N4O2/c31-23-13-11-20(12-14-23)25-19-24(27-30(25)22-9-5-2-6-10-22)26(32)29-17-15-28(16-18-29)21-7-3-1-4-8-21/h1-14,19,31H,15-18H2. The van der Waals surface area contributed by atoms with Crippen molar-refractivity contribution in [2.75, 3.05) is 31.1 Å². The predicted molar refractivity (Wildman–Crippen MR) is 125 cm³/mol. The number of carbonyl (C=O) groups excluding carboxylic acids is 1. The van der Waals surface area contributed by atoms with Crippen LogP contribution in [0.25, 0.3) is 16.9 Å². The summed E-state index contributed by atoms with van der Waals surface area (Å²) in [5.74, 6) is 0.138. The van der Waals surface area contributed by atoms with Crippen molar-refractivity contribution in [1.82, 2.24) is 14.7 Å². The van der Waals surface area contributed by atoms with Gasteiger partial charge in [-0.3, -0.25) is 4.79 Å². The van der Waals surface area contributed by atoms with Crippen LogP contribution in [0.2, 0.25) is 0 Å². The number of phenolic OH excluding ortho intramolecular Hbond substituents is 1. The third kappa shape index (κ3) is 3.95. The maximum absolute atomic E-state index is 13.3. The molecule has 0 saturated carbocycles. The van der Waals surface area contributed by atoms with Crippen molar-refractivity contribution >= 4 is 11.6 Å². The van der Waals surface area contributed by atoms with Gasteiger partial charge < -0.3 is 14.9 Å². The first kappa shape index (κ1) is 19.9. The van der Waals surface area contributed by atoms with Crippen molar-refractivity contribution in [3.05, 3.63) is 96.7 Å². The fourth-order valence-corrected chi connectivity index (χ4v) is 4.06. The SMILES string of the molecule is O=C(c1cc(-c2ccc(O)cc2)n(-c2ccccc2)n1)N1CCN(c2ccccc2)CC1. The highest BCUT2D eigenvalue weighted by molar-refractivity contribution is 5.94. The van der Waals surface area contributed by atoms with Gasteiger partial charge in [-0.25, -0.2) is 4.68 Å². The zero-order valence-electron chi connectivity index (χ0n) is 17.6. The number of amides is 1. The summed E-state index contributed by atoms with van der Waals surface area (Å²) >= 11 is 0. The van der Waals surface area contributed by atoms with Crippen LogP contribution < -0.4 is 4.90 Å². The van der Waals surface area contributed by atoms with Gasteiger partial charge in [0.1, 0.15) is 5.75 Å². The number of aromatic hydroxyl groups is 1. The molecule has 6 nitrogen and oxygen atoms in total. The monoisotopic (exact) mass is 424 g/mol. The topological polar surface area (TPSA) is 61.6 Å². The lowest BCUT2D eigenvalue weighted by Gasteiger charge is -2.35. The van der Waals surface area contributed by atoms with E-state index in [0.29, 0.717) is 18.8 Å². The molecule has 0 atom stereocenters. The van der Waals surface area contributed by atoms with E-state index < -0.39 is 0 Å². The van der Waals surface area contributed by atoms with E-state index in [-0.39, 0.29) is 11.7 Å². The number of hydrogen-bond donors (Lipinski definition) is 1. The summed E-state index contributed by atoms with van der Waals surface area (Å²) in [5, 5.41) is 14.4. The Balaban J connectivity index is 1.41. The molecule has 0 unspecified atom stereocenters.